The summed E-state index contributed by atoms with van der Waals surface area (Å²) in [5.74, 6) is 0. The number of para-hydroxylation sites is 2. The Kier molecular flexibility index (Phi) is 6.35. The van der Waals surface area contributed by atoms with Crippen LogP contribution in [0.3, 0.4) is 0 Å². The lowest BCUT2D eigenvalue weighted by molar-refractivity contribution is 0.508. The zero-order chi connectivity index (χ0) is 27.0. The number of benzene rings is 5. The van der Waals surface area contributed by atoms with Gasteiger partial charge >= 0.3 is 10.1 Å². The van der Waals surface area contributed by atoms with Crippen LogP contribution in [0.1, 0.15) is 5.56 Å². The minimum atomic E-state index is -4.28. The SMILES string of the molecule is Cc1ccc(S(=O)(=O)OS(c2ccccc2)(c2ccccc2)c2cccc3c(=O)c4ccccc4oc23)cc1. The fourth-order valence-corrected chi connectivity index (χ4v) is 9.96. The van der Waals surface area contributed by atoms with Crippen molar-refractivity contribution >= 4 is 42.4 Å². The summed E-state index contributed by atoms with van der Waals surface area (Å²) in [6.07, 6.45) is 0. The van der Waals surface area contributed by atoms with Gasteiger partial charge in [-0.1, -0.05) is 72.3 Å². The molecule has 0 unspecified atom stereocenters. The Hall–Kier alpha value is -4.17. The lowest BCUT2D eigenvalue weighted by Crippen LogP contribution is -2.15. The molecule has 0 saturated carbocycles. The Balaban J connectivity index is 1.75. The van der Waals surface area contributed by atoms with Crippen molar-refractivity contribution in [2.75, 3.05) is 0 Å². The van der Waals surface area contributed by atoms with Gasteiger partial charge in [-0.2, -0.15) is 8.42 Å². The molecule has 6 aromatic rings. The van der Waals surface area contributed by atoms with Crippen LogP contribution in [-0.4, -0.2) is 8.42 Å². The van der Waals surface area contributed by atoms with Crippen molar-refractivity contribution < 1.29 is 16.5 Å². The van der Waals surface area contributed by atoms with Crippen LogP contribution in [0, 0.1) is 6.92 Å². The molecule has 6 rings (SSSR count). The third kappa shape index (κ3) is 4.34. The molecule has 0 N–H and O–H groups in total. The maximum Gasteiger partial charge on any atom is 0.307 e. The van der Waals surface area contributed by atoms with Crippen molar-refractivity contribution in [1.82, 2.24) is 0 Å². The number of rotatable bonds is 6. The van der Waals surface area contributed by atoms with E-state index in [0.29, 0.717) is 36.6 Å². The van der Waals surface area contributed by atoms with E-state index in [0.717, 1.165) is 5.56 Å². The van der Waals surface area contributed by atoms with Crippen molar-refractivity contribution in [3.63, 3.8) is 0 Å². The maximum atomic E-state index is 14.0. The topological polar surface area (TPSA) is 73.6 Å². The van der Waals surface area contributed by atoms with E-state index in [1.165, 1.54) is 0 Å². The van der Waals surface area contributed by atoms with Gasteiger partial charge in [-0.25, -0.2) is 3.63 Å². The zero-order valence-corrected chi connectivity index (χ0v) is 22.6. The minimum Gasteiger partial charge on any atom is -0.455 e. The lowest BCUT2D eigenvalue weighted by Gasteiger charge is -2.39. The third-order valence-corrected chi connectivity index (χ3v) is 11.7. The summed E-state index contributed by atoms with van der Waals surface area (Å²) in [7, 11) is -7.26. The highest BCUT2D eigenvalue weighted by molar-refractivity contribution is 8.33. The van der Waals surface area contributed by atoms with Gasteiger partial charge in [-0.05, 0) is 77.9 Å². The molecule has 1 aromatic heterocycles. The average molecular weight is 553 g/mol. The number of hydrogen-bond acceptors (Lipinski definition) is 5. The second-order valence-corrected chi connectivity index (χ2v) is 13.5. The van der Waals surface area contributed by atoms with E-state index in [-0.39, 0.29) is 10.3 Å². The molecule has 0 radical (unpaired) electrons. The maximum absolute atomic E-state index is 14.0. The molecule has 1 heterocycles. The molecule has 0 bridgehead atoms. The Morgan fingerprint density at radius 3 is 1.79 bits per heavy atom. The van der Waals surface area contributed by atoms with E-state index < -0.39 is 20.4 Å². The van der Waals surface area contributed by atoms with Gasteiger partial charge in [0.25, 0.3) is 0 Å². The molecule has 194 valence electrons. The molecule has 0 fully saturated rings. The van der Waals surface area contributed by atoms with Crippen molar-refractivity contribution in [1.29, 1.82) is 0 Å². The standard InChI is InChI=1S/C32H24O5S2/c1-23-19-21-26(22-20-23)39(34,35)37-38(24-11-4-2-5-12-24,25-13-6-3-7-14-25)30-18-10-16-28-31(33)27-15-8-9-17-29(27)36-32(28)30/h2-22H,1H3. The molecule has 0 atom stereocenters. The fraction of sp³-hybridized carbons (Fsp3) is 0.0312. The highest BCUT2D eigenvalue weighted by Crippen LogP contribution is 2.71. The molecule has 0 amide bonds. The number of fused-ring (bicyclic) bond motifs is 2. The van der Waals surface area contributed by atoms with Crippen LogP contribution >= 0.6 is 10.3 Å². The summed E-state index contributed by atoms with van der Waals surface area (Å²) in [6, 6.07) is 37.4. The van der Waals surface area contributed by atoms with Gasteiger partial charge < -0.3 is 4.42 Å². The van der Waals surface area contributed by atoms with Crippen LogP contribution in [0.4, 0.5) is 0 Å². The van der Waals surface area contributed by atoms with E-state index in [4.69, 9.17) is 8.05 Å². The molecule has 5 nitrogen and oxygen atoms in total. The molecule has 0 saturated heterocycles. The van der Waals surface area contributed by atoms with Gasteiger partial charge in [-0.15, -0.1) is 0 Å². The van der Waals surface area contributed by atoms with Gasteiger partial charge in [0, 0.05) is 9.79 Å². The van der Waals surface area contributed by atoms with Gasteiger partial charge in [0.05, 0.1) is 20.6 Å². The first kappa shape index (κ1) is 25.1. The molecular weight excluding hydrogens is 528 g/mol. The zero-order valence-electron chi connectivity index (χ0n) is 21.0. The minimum absolute atomic E-state index is 0.0453. The summed E-state index contributed by atoms with van der Waals surface area (Å²) >= 11 is 0. The van der Waals surface area contributed by atoms with E-state index in [1.807, 2.05) is 67.6 Å². The summed E-state index contributed by atoms with van der Waals surface area (Å²) in [5.41, 5.74) is 1.45. The van der Waals surface area contributed by atoms with E-state index >= 15 is 0 Å². The van der Waals surface area contributed by atoms with Crippen LogP contribution in [0.15, 0.2) is 156 Å². The summed E-state index contributed by atoms with van der Waals surface area (Å²) in [6.45, 7) is 1.89. The first-order valence-corrected chi connectivity index (χ1v) is 15.3. The Labute approximate surface area is 228 Å². The van der Waals surface area contributed by atoms with Gasteiger partial charge in [0.2, 0.25) is 5.43 Å². The predicted molar refractivity (Wildman–Crippen MR) is 155 cm³/mol. The fourth-order valence-electron chi connectivity index (χ4n) is 4.63. The smallest absolute Gasteiger partial charge is 0.307 e. The van der Waals surface area contributed by atoms with Crippen LogP contribution in [-0.2, 0) is 13.7 Å². The normalized spacial score (nSPS) is 12.5. The van der Waals surface area contributed by atoms with Crippen LogP contribution < -0.4 is 5.43 Å². The second kappa shape index (κ2) is 9.85. The van der Waals surface area contributed by atoms with Crippen molar-refractivity contribution in [3.05, 3.63) is 143 Å². The predicted octanol–water partition coefficient (Wildman–Crippen LogP) is 7.86. The van der Waals surface area contributed by atoms with Gasteiger partial charge in [0.1, 0.15) is 5.58 Å². The molecule has 5 aromatic carbocycles. The molecule has 7 heteroatoms. The molecule has 0 aliphatic carbocycles. The van der Waals surface area contributed by atoms with E-state index in [1.54, 1.807) is 66.7 Å². The Morgan fingerprint density at radius 1 is 0.590 bits per heavy atom. The van der Waals surface area contributed by atoms with Gasteiger partial charge in [0.15, 0.2) is 5.58 Å². The van der Waals surface area contributed by atoms with Crippen LogP contribution in [0.25, 0.3) is 21.9 Å². The molecule has 39 heavy (non-hydrogen) atoms. The summed E-state index contributed by atoms with van der Waals surface area (Å²) in [4.78, 5) is 15.4. The summed E-state index contributed by atoms with van der Waals surface area (Å²) < 4.78 is 40.9. The largest absolute Gasteiger partial charge is 0.455 e. The van der Waals surface area contributed by atoms with E-state index in [2.05, 4.69) is 0 Å². The van der Waals surface area contributed by atoms with Crippen LogP contribution in [0.5, 0.6) is 0 Å². The highest BCUT2D eigenvalue weighted by Gasteiger charge is 2.40. The first-order valence-electron chi connectivity index (χ1n) is 12.3. The quantitative estimate of drug-likeness (QED) is 0.197. The summed E-state index contributed by atoms with van der Waals surface area (Å²) in [5, 5.41) is 0.807. The molecule has 0 spiro atoms. The molecule has 0 aliphatic rings. The average Bonchev–Trinajstić information content (AvgIpc) is 2.97. The van der Waals surface area contributed by atoms with Crippen molar-refractivity contribution in [2.24, 2.45) is 0 Å². The number of hydrogen-bond donors (Lipinski definition) is 0. The third-order valence-electron chi connectivity index (χ3n) is 6.53. The van der Waals surface area contributed by atoms with E-state index in [9.17, 15) is 13.2 Å². The van der Waals surface area contributed by atoms with Crippen molar-refractivity contribution in [2.45, 2.75) is 26.5 Å². The highest BCUT2D eigenvalue weighted by atomic mass is 32.3. The second-order valence-electron chi connectivity index (χ2n) is 9.08. The molecular formula is C32H24O5S2. The van der Waals surface area contributed by atoms with Crippen molar-refractivity contribution in [3.8, 4) is 0 Å². The van der Waals surface area contributed by atoms with Crippen LogP contribution in [0.2, 0.25) is 0 Å². The lowest BCUT2D eigenvalue weighted by atomic mass is 10.1. The first-order chi connectivity index (χ1) is 18.9. The van der Waals surface area contributed by atoms with Gasteiger partial charge in [-0.3, -0.25) is 4.79 Å². The Bertz CT molecular complexity index is 1930. The monoisotopic (exact) mass is 552 g/mol. The number of aryl methyl sites for hydroxylation is 1. The Morgan fingerprint density at radius 2 is 1.15 bits per heavy atom. The molecule has 0 aliphatic heterocycles.